The summed E-state index contributed by atoms with van der Waals surface area (Å²) < 4.78 is 51.1. The van der Waals surface area contributed by atoms with Crippen LogP contribution in [0.2, 0.25) is 0 Å². The van der Waals surface area contributed by atoms with Gasteiger partial charge in [-0.1, -0.05) is 90.0 Å². The number of nitrogens with zero attached hydrogens (tertiary/aromatic N) is 1. The minimum atomic E-state index is -1.36. The van der Waals surface area contributed by atoms with Crippen LogP contribution in [0, 0.1) is 23.4 Å². The van der Waals surface area contributed by atoms with Crippen LogP contribution in [0.3, 0.4) is 0 Å². The molecule has 0 heterocycles. The summed E-state index contributed by atoms with van der Waals surface area (Å²) in [5.41, 5.74) is 7.72. The number of thioether (sulfide) groups is 1. The van der Waals surface area contributed by atoms with Gasteiger partial charge in [-0.25, -0.2) is 13.8 Å². The summed E-state index contributed by atoms with van der Waals surface area (Å²) >= 11 is 1.10. The summed E-state index contributed by atoms with van der Waals surface area (Å²) in [6.45, 7) is 6.39. The SMILES string of the molecule is CCCCCCOc1c(F)c(F)c(N=C(N)c2ccc(C3CCC(CCCCC)CC3)cc2)c(SCCC)c1F. The topological polar surface area (TPSA) is 47.6 Å². The molecule has 3 nitrogen and oxygen atoms in total. The largest absolute Gasteiger partial charge is 0.488 e. The molecular weight excluding hydrogens is 529 g/mol. The number of nitrogens with two attached hydrogens (primary N) is 1. The molecule has 1 aliphatic carbocycles. The fourth-order valence-electron chi connectivity index (χ4n) is 5.45. The normalized spacial score (nSPS) is 17.8. The van der Waals surface area contributed by atoms with E-state index in [0.717, 1.165) is 43.4 Å². The maximum absolute atomic E-state index is 15.4. The highest BCUT2D eigenvalue weighted by Gasteiger charge is 2.27. The minimum absolute atomic E-state index is 0.0236. The molecule has 7 heteroatoms. The van der Waals surface area contributed by atoms with Crippen LogP contribution in [0.5, 0.6) is 5.75 Å². The van der Waals surface area contributed by atoms with Crippen LogP contribution in [0.4, 0.5) is 18.9 Å². The maximum atomic E-state index is 15.4. The molecule has 0 saturated heterocycles. The van der Waals surface area contributed by atoms with Gasteiger partial charge in [0.1, 0.15) is 11.5 Å². The quantitative estimate of drug-likeness (QED) is 0.0711. The number of ether oxygens (including phenoxy) is 1. The predicted octanol–water partition coefficient (Wildman–Crippen LogP) is 10.5. The number of aliphatic imine (C=N–C) groups is 1. The van der Waals surface area contributed by atoms with Gasteiger partial charge in [0.25, 0.3) is 0 Å². The lowest BCUT2D eigenvalue weighted by molar-refractivity contribution is 0.267. The van der Waals surface area contributed by atoms with Crippen LogP contribution in [-0.2, 0) is 0 Å². The molecule has 2 aromatic carbocycles. The van der Waals surface area contributed by atoms with Crippen LogP contribution < -0.4 is 10.5 Å². The van der Waals surface area contributed by atoms with Gasteiger partial charge in [0, 0.05) is 5.56 Å². The van der Waals surface area contributed by atoms with Crippen LogP contribution in [-0.4, -0.2) is 18.2 Å². The van der Waals surface area contributed by atoms with Gasteiger partial charge < -0.3 is 10.5 Å². The molecule has 2 aromatic rings. The average molecular weight is 577 g/mol. The first-order valence-corrected chi connectivity index (χ1v) is 16.3. The van der Waals surface area contributed by atoms with Gasteiger partial charge in [-0.3, -0.25) is 0 Å². The molecule has 2 N–H and O–H groups in total. The summed E-state index contributed by atoms with van der Waals surface area (Å²) in [4.78, 5) is 4.15. The highest BCUT2D eigenvalue weighted by atomic mass is 32.2. The van der Waals surface area contributed by atoms with Crippen molar-refractivity contribution in [3.8, 4) is 5.75 Å². The zero-order valence-corrected chi connectivity index (χ0v) is 25.4. The second kappa shape index (κ2) is 17.0. The van der Waals surface area contributed by atoms with Crippen molar-refractivity contribution in [1.82, 2.24) is 0 Å². The summed E-state index contributed by atoms with van der Waals surface area (Å²) in [6.07, 6.45) is 14.5. The van der Waals surface area contributed by atoms with Gasteiger partial charge in [-0.05, 0) is 61.7 Å². The zero-order chi connectivity index (χ0) is 28.9. The third kappa shape index (κ3) is 8.92. The molecule has 40 heavy (non-hydrogen) atoms. The summed E-state index contributed by atoms with van der Waals surface area (Å²) in [5.74, 6) is -2.26. The lowest BCUT2D eigenvalue weighted by Crippen LogP contribution is -2.15. The molecule has 1 aliphatic rings. The van der Waals surface area contributed by atoms with Gasteiger partial charge >= 0.3 is 0 Å². The minimum Gasteiger partial charge on any atom is -0.488 e. The highest BCUT2D eigenvalue weighted by molar-refractivity contribution is 7.99. The molecule has 222 valence electrons. The smallest absolute Gasteiger partial charge is 0.206 e. The van der Waals surface area contributed by atoms with Crippen molar-refractivity contribution in [1.29, 1.82) is 0 Å². The number of hydrogen-bond donors (Lipinski definition) is 1. The summed E-state index contributed by atoms with van der Waals surface area (Å²) in [5, 5.41) is 0. The van der Waals surface area contributed by atoms with Gasteiger partial charge in [-0.15, -0.1) is 11.8 Å². The van der Waals surface area contributed by atoms with E-state index in [2.05, 4.69) is 31.0 Å². The van der Waals surface area contributed by atoms with E-state index < -0.39 is 28.9 Å². The summed E-state index contributed by atoms with van der Waals surface area (Å²) in [7, 11) is 0. The zero-order valence-electron chi connectivity index (χ0n) is 24.5. The predicted molar refractivity (Wildman–Crippen MR) is 163 cm³/mol. The Morgan fingerprint density at radius 3 is 2.17 bits per heavy atom. The molecule has 3 rings (SSSR count). The third-order valence-electron chi connectivity index (χ3n) is 7.88. The Hall–Kier alpha value is -2.15. The standard InChI is InChI=1S/C33H47F3N2OS/c1-4-7-9-11-21-39-31-28(35)27(34)30(32(29(31)36)40-22-6-3)38-33(37)26-19-17-25(18-20-26)24-15-13-23(14-16-24)12-10-8-5-2/h17-20,23-24H,4-16,21-22H2,1-3H3,(H2,37,38). The van der Waals surface area contributed by atoms with E-state index >= 15 is 8.78 Å². The first-order valence-electron chi connectivity index (χ1n) is 15.3. The molecule has 0 spiro atoms. The second-order valence-corrected chi connectivity index (χ2v) is 12.1. The second-order valence-electron chi connectivity index (χ2n) is 11.0. The Balaban J connectivity index is 1.76. The number of benzene rings is 2. The first kappa shape index (κ1) is 32.4. The molecule has 0 atom stereocenters. The molecule has 0 bridgehead atoms. The number of rotatable bonds is 16. The van der Waals surface area contributed by atoms with Crippen molar-refractivity contribution in [2.24, 2.45) is 16.6 Å². The molecule has 0 radical (unpaired) electrons. The number of hydrogen-bond acceptors (Lipinski definition) is 3. The van der Waals surface area contributed by atoms with Crippen molar-refractivity contribution in [3.05, 3.63) is 52.8 Å². The molecule has 1 fully saturated rings. The van der Waals surface area contributed by atoms with E-state index in [1.165, 1.54) is 56.9 Å². The lowest BCUT2D eigenvalue weighted by atomic mass is 9.77. The van der Waals surface area contributed by atoms with E-state index in [1.807, 2.05) is 19.1 Å². The van der Waals surface area contributed by atoms with E-state index in [9.17, 15) is 4.39 Å². The van der Waals surface area contributed by atoms with Crippen molar-refractivity contribution in [2.75, 3.05) is 12.4 Å². The first-order chi connectivity index (χ1) is 19.4. The number of amidine groups is 1. The Morgan fingerprint density at radius 2 is 1.52 bits per heavy atom. The van der Waals surface area contributed by atoms with Crippen molar-refractivity contribution in [3.63, 3.8) is 0 Å². The molecule has 0 unspecified atom stereocenters. The van der Waals surface area contributed by atoms with Gasteiger partial charge in [0.15, 0.2) is 17.4 Å². The van der Waals surface area contributed by atoms with Crippen molar-refractivity contribution >= 4 is 23.3 Å². The van der Waals surface area contributed by atoms with Crippen molar-refractivity contribution in [2.45, 2.75) is 115 Å². The Labute approximate surface area is 243 Å². The van der Waals surface area contributed by atoms with Crippen LogP contribution in [0.1, 0.15) is 121 Å². The molecule has 1 saturated carbocycles. The molecule has 0 amide bonds. The number of halogens is 3. The monoisotopic (exact) mass is 576 g/mol. The number of unbranched alkanes of at least 4 members (excludes halogenated alkanes) is 5. The summed E-state index contributed by atoms with van der Waals surface area (Å²) in [6, 6.07) is 7.86. The lowest BCUT2D eigenvalue weighted by Gasteiger charge is -2.29. The molecular formula is C33H47F3N2OS. The average Bonchev–Trinajstić information content (AvgIpc) is 2.97. The fourth-order valence-corrected chi connectivity index (χ4v) is 6.35. The third-order valence-corrected chi connectivity index (χ3v) is 9.15. The van der Waals surface area contributed by atoms with Crippen LogP contribution >= 0.6 is 11.8 Å². The maximum Gasteiger partial charge on any atom is 0.206 e. The molecule has 0 aromatic heterocycles. The van der Waals surface area contributed by atoms with Gasteiger partial charge in [0.05, 0.1) is 11.5 Å². The highest BCUT2D eigenvalue weighted by Crippen LogP contribution is 2.42. The van der Waals surface area contributed by atoms with E-state index in [4.69, 9.17) is 10.5 Å². The van der Waals surface area contributed by atoms with Gasteiger partial charge in [0.2, 0.25) is 5.82 Å². The van der Waals surface area contributed by atoms with E-state index in [1.54, 1.807) is 0 Å². The van der Waals surface area contributed by atoms with Crippen LogP contribution in [0.25, 0.3) is 0 Å². The van der Waals surface area contributed by atoms with Gasteiger partial charge in [-0.2, -0.15) is 4.39 Å². The Bertz CT molecular complexity index is 1080. The molecule has 0 aliphatic heterocycles. The van der Waals surface area contributed by atoms with Crippen molar-refractivity contribution < 1.29 is 17.9 Å². The fraction of sp³-hybridized carbons (Fsp3) is 0.606. The van der Waals surface area contributed by atoms with E-state index in [0.29, 0.717) is 23.7 Å². The van der Waals surface area contributed by atoms with E-state index in [-0.39, 0.29) is 17.3 Å². The Morgan fingerprint density at radius 1 is 0.850 bits per heavy atom. The van der Waals surface area contributed by atoms with Crippen LogP contribution in [0.15, 0.2) is 34.2 Å². The Kier molecular flexibility index (Phi) is 13.7.